The van der Waals surface area contributed by atoms with Crippen molar-refractivity contribution in [3.63, 3.8) is 0 Å². The SMILES string of the molecule is CC(Nc1cccc2cc(Br)cnc12)c1ccc(Cl)s1. The van der Waals surface area contributed by atoms with Crippen LogP contribution in [0.2, 0.25) is 4.34 Å². The Balaban J connectivity index is 1.94. The van der Waals surface area contributed by atoms with E-state index < -0.39 is 0 Å². The van der Waals surface area contributed by atoms with Crippen molar-refractivity contribution in [1.29, 1.82) is 0 Å². The smallest absolute Gasteiger partial charge is 0.0934 e. The summed E-state index contributed by atoms with van der Waals surface area (Å²) in [5.74, 6) is 0. The van der Waals surface area contributed by atoms with E-state index in [-0.39, 0.29) is 6.04 Å². The molecule has 1 N–H and O–H groups in total. The quantitative estimate of drug-likeness (QED) is 0.624. The van der Waals surface area contributed by atoms with Crippen molar-refractivity contribution >= 4 is 55.5 Å². The molecule has 0 aliphatic carbocycles. The summed E-state index contributed by atoms with van der Waals surface area (Å²) in [6.45, 7) is 2.12. The first kappa shape index (κ1) is 13.9. The van der Waals surface area contributed by atoms with Crippen molar-refractivity contribution in [3.8, 4) is 0 Å². The zero-order valence-electron chi connectivity index (χ0n) is 10.7. The Bertz CT molecular complexity index is 756. The predicted octanol–water partition coefficient (Wildman–Crippen LogP) is 5.89. The molecule has 1 unspecified atom stereocenters. The van der Waals surface area contributed by atoms with E-state index in [9.17, 15) is 0 Å². The molecular weight excluding hydrogens is 356 g/mol. The van der Waals surface area contributed by atoms with E-state index in [0.29, 0.717) is 0 Å². The lowest BCUT2D eigenvalue weighted by Crippen LogP contribution is -2.05. The van der Waals surface area contributed by atoms with Crippen molar-refractivity contribution in [2.24, 2.45) is 0 Å². The molecule has 0 saturated carbocycles. The topological polar surface area (TPSA) is 24.9 Å². The number of hydrogen-bond donors (Lipinski definition) is 1. The van der Waals surface area contributed by atoms with Crippen molar-refractivity contribution < 1.29 is 0 Å². The Morgan fingerprint density at radius 3 is 2.90 bits per heavy atom. The normalized spacial score (nSPS) is 12.6. The number of hydrogen-bond acceptors (Lipinski definition) is 3. The van der Waals surface area contributed by atoms with Gasteiger partial charge in [-0.25, -0.2) is 0 Å². The molecule has 0 aliphatic heterocycles. The standard InChI is InChI=1S/C15H12BrClN2S/c1-9(13-5-6-14(17)20-13)19-12-4-2-3-10-7-11(16)8-18-15(10)12/h2-9,19H,1H3. The fourth-order valence-corrected chi connectivity index (χ4v) is 3.53. The van der Waals surface area contributed by atoms with Crippen molar-refractivity contribution in [2.45, 2.75) is 13.0 Å². The largest absolute Gasteiger partial charge is 0.376 e. The molecular formula is C15H12BrClN2S. The monoisotopic (exact) mass is 366 g/mol. The second kappa shape index (κ2) is 5.72. The highest BCUT2D eigenvalue weighted by Crippen LogP contribution is 2.31. The van der Waals surface area contributed by atoms with Crippen molar-refractivity contribution in [2.75, 3.05) is 5.32 Å². The average molecular weight is 368 g/mol. The van der Waals surface area contributed by atoms with Crippen LogP contribution in [-0.2, 0) is 0 Å². The highest BCUT2D eigenvalue weighted by Gasteiger charge is 2.10. The zero-order valence-corrected chi connectivity index (χ0v) is 13.9. The molecule has 2 heterocycles. The van der Waals surface area contributed by atoms with Crippen LogP contribution in [-0.4, -0.2) is 4.98 Å². The molecule has 0 aliphatic rings. The molecule has 2 aromatic heterocycles. The summed E-state index contributed by atoms with van der Waals surface area (Å²) in [6.07, 6.45) is 1.82. The molecule has 1 aromatic carbocycles. The zero-order chi connectivity index (χ0) is 14.1. The van der Waals surface area contributed by atoms with Gasteiger partial charge in [0.2, 0.25) is 0 Å². The van der Waals surface area contributed by atoms with Crippen LogP contribution in [0.4, 0.5) is 5.69 Å². The molecule has 1 atom stereocenters. The summed E-state index contributed by atoms with van der Waals surface area (Å²) >= 11 is 11.0. The van der Waals surface area contributed by atoms with Crippen LogP contribution in [0.1, 0.15) is 17.8 Å². The summed E-state index contributed by atoms with van der Waals surface area (Å²) < 4.78 is 1.80. The van der Waals surface area contributed by atoms with Crippen LogP contribution >= 0.6 is 38.9 Å². The second-order valence-electron chi connectivity index (χ2n) is 4.54. The lowest BCUT2D eigenvalue weighted by Gasteiger charge is -2.15. The van der Waals surface area contributed by atoms with Gasteiger partial charge in [0.1, 0.15) is 0 Å². The van der Waals surface area contributed by atoms with Gasteiger partial charge in [-0.3, -0.25) is 4.98 Å². The number of thiophene rings is 1. The van der Waals surface area contributed by atoms with E-state index in [1.165, 1.54) is 4.88 Å². The first-order chi connectivity index (χ1) is 9.63. The van der Waals surface area contributed by atoms with Gasteiger partial charge in [0.05, 0.1) is 21.6 Å². The third-order valence-corrected chi connectivity index (χ3v) is 4.92. The predicted molar refractivity (Wildman–Crippen MR) is 90.8 cm³/mol. The minimum absolute atomic E-state index is 0.198. The molecule has 3 aromatic rings. The van der Waals surface area contributed by atoms with Gasteiger partial charge >= 0.3 is 0 Å². The van der Waals surface area contributed by atoms with Crippen LogP contribution in [0, 0.1) is 0 Å². The van der Waals surface area contributed by atoms with Crippen molar-refractivity contribution in [3.05, 3.63) is 56.3 Å². The number of anilines is 1. The Kier molecular flexibility index (Phi) is 3.96. The van der Waals surface area contributed by atoms with E-state index in [4.69, 9.17) is 11.6 Å². The molecule has 0 bridgehead atoms. The number of rotatable bonds is 3. The second-order valence-corrected chi connectivity index (χ2v) is 7.20. The first-order valence-corrected chi connectivity index (χ1v) is 8.18. The van der Waals surface area contributed by atoms with Crippen LogP contribution in [0.3, 0.4) is 0 Å². The molecule has 0 radical (unpaired) electrons. The van der Waals surface area contributed by atoms with Gasteiger partial charge in [-0.2, -0.15) is 0 Å². The fourth-order valence-electron chi connectivity index (χ4n) is 2.12. The number of para-hydroxylation sites is 1. The molecule has 5 heteroatoms. The first-order valence-electron chi connectivity index (χ1n) is 6.19. The summed E-state index contributed by atoms with van der Waals surface area (Å²) in [5.41, 5.74) is 2.01. The van der Waals surface area contributed by atoms with Crippen molar-refractivity contribution in [1.82, 2.24) is 4.98 Å². The number of aromatic nitrogens is 1. The van der Waals surface area contributed by atoms with Gasteiger partial charge in [-0.1, -0.05) is 23.7 Å². The van der Waals surface area contributed by atoms with E-state index in [1.54, 1.807) is 11.3 Å². The molecule has 20 heavy (non-hydrogen) atoms. The lowest BCUT2D eigenvalue weighted by molar-refractivity contribution is 0.909. The summed E-state index contributed by atoms with van der Waals surface area (Å²) in [6, 6.07) is 12.4. The number of fused-ring (bicyclic) bond motifs is 1. The number of benzene rings is 1. The maximum Gasteiger partial charge on any atom is 0.0934 e. The van der Waals surface area contributed by atoms with Crippen LogP contribution in [0.5, 0.6) is 0 Å². The van der Waals surface area contributed by atoms with Crippen LogP contribution in [0.15, 0.2) is 47.1 Å². The summed E-state index contributed by atoms with van der Waals surface area (Å²) in [5, 5.41) is 4.62. The molecule has 0 amide bonds. The van der Waals surface area contributed by atoms with E-state index in [2.05, 4.69) is 57.4 Å². The maximum atomic E-state index is 5.99. The Hall–Kier alpha value is -1.10. The lowest BCUT2D eigenvalue weighted by atomic mass is 10.1. The Morgan fingerprint density at radius 2 is 2.15 bits per heavy atom. The molecule has 3 rings (SSSR count). The van der Waals surface area contributed by atoms with Crippen LogP contribution in [0.25, 0.3) is 10.9 Å². The van der Waals surface area contributed by atoms with Gasteiger partial charge < -0.3 is 5.32 Å². The Morgan fingerprint density at radius 1 is 1.30 bits per heavy atom. The minimum atomic E-state index is 0.198. The molecule has 102 valence electrons. The molecule has 2 nitrogen and oxygen atoms in total. The maximum absolute atomic E-state index is 5.99. The third kappa shape index (κ3) is 2.82. The van der Waals surface area contributed by atoms with Gasteiger partial charge in [0.25, 0.3) is 0 Å². The molecule has 0 fully saturated rings. The average Bonchev–Trinajstić information content (AvgIpc) is 2.85. The van der Waals surface area contributed by atoms with Gasteiger partial charge in [0, 0.05) is 20.9 Å². The third-order valence-electron chi connectivity index (χ3n) is 3.07. The minimum Gasteiger partial charge on any atom is -0.376 e. The van der Waals surface area contributed by atoms with Gasteiger partial charge in [-0.05, 0) is 47.1 Å². The van der Waals surface area contributed by atoms with Gasteiger partial charge in [-0.15, -0.1) is 11.3 Å². The highest BCUT2D eigenvalue weighted by atomic mass is 79.9. The van der Waals surface area contributed by atoms with E-state index in [0.717, 1.165) is 25.4 Å². The summed E-state index contributed by atoms with van der Waals surface area (Å²) in [4.78, 5) is 5.71. The molecule has 0 spiro atoms. The van der Waals surface area contributed by atoms with E-state index >= 15 is 0 Å². The van der Waals surface area contributed by atoms with Gasteiger partial charge in [0.15, 0.2) is 0 Å². The number of pyridine rings is 1. The Labute approximate surface area is 134 Å². The summed E-state index contributed by atoms with van der Waals surface area (Å²) in [7, 11) is 0. The number of nitrogens with zero attached hydrogens (tertiary/aromatic N) is 1. The molecule has 0 saturated heterocycles. The van der Waals surface area contributed by atoms with E-state index in [1.807, 2.05) is 18.3 Å². The van der Waals surface area contributed by atoms with Crippen LogP contribution < -0.4 is 5.32 Å². The fraction of sp³-hybridized carbons (Fsp3) is 0.133. The number of halogens is 2. The number of nitrogens with one attached hydrogen (secondary N) is 1. The highest BCUT2D eigenvalue weighted by molar-refractivity contribution is 9.10.